The van der Waals surface area contributed by atoms with Crippen LogP contribution in [0.5, 0.6) is 0 Å². The van der Waals surface area contributed by atoms with Gasteiger partial charge in [-0.3, -0.25) is 0 Å². The molecule has 2 rings (SSSR count). The molecule has 1 unspecified atom stereocenters. The van der Waals surface area contributed by atoms with Gasteiger partial charge in [-0.05, 0) is 36.6 Å². The number of nitrogens with zero attached hydrogens (tertiary/aromatic N) is 1. The summed E-state index contributed by atoms with van der Waals surface area (Å²) in [6, 6.07) is 4.64. The maximum absolute atomic E-state index is 13.5. The van der Waals surface area contributed by atoms with E-state index in [1.165, 1.54) is 6.07 Å². The first-order valence-corrected chi connectivity index (χ1v) is 7.47. The van der Waals surface area contributed by atoms with Gasteiger partial charge in [-0.1, -0.05) is 15.9 Å². The highest BCUT2D eigenvalue weighted by atomic mass is 79.9. The number of urea groups is 1. The number of carbonyl (C=O) groups is 1. The summed E-state index contributed by atoms with van der Waals surface area (Å²) >= 11 is 3.30. The van der Waals surface area contributed by atoms with Gasteiger partial charge in [0, 0.05) is 36.6 Å². The molecule has 1 aliphatic heterocycles. The van der Waals surface area contributed by atoms with Crippen molar-refractivity contribution in [2.24, 2.45) is 5.92 Å². The van der Waals surface area contributed by atoms with Crippen LogP contribution < -0.4 is 5.32 Å². The average Bonchev–Trinajstić information content (AvgIpc) is 2.91. The Morgan fingerprint density at radius 3 is 3.05 bits per heavy atom. The van der Waals surface area contributed by atoms with Gasteiger partial charge in [-0.25, -0.2) is 9.18 Å². The van der Waals surface area contributed by atoms with E-state index in [9.17, 15) is 9.18 Å². The molecule has 1 aromatic rings. The van der Waals surface area contributed by atoms with Gasteiger partial charge < -0.3 is 15.3 Å². The van der Waals surface area contributed by atoms with E-state index in [4.69, 9.17) is 5.11 Å². The summed E-state index contributed by atoms with van der Waals surface area (Å²) < 4.78 is 14.3. The molecule has 1 aliphatic rings. The predicted molar refractivity (Wildman–Crippen MR) is 78.0 cm³/mol. The lowest BCUT2D eigenvalue weighted by Crippen LogP contribution is -2.39. The number of nitrogens with one attached hydrogen (secondary N) is 1. The van der Waals surface area contributed by atoms with Crippen LogP contribution in [-0.4, -0.2) is 42.3 Å². The second kappa shape index (κ2) is 7.04. The van der Waals surface area contributed by atoms with Gasteiger partial charge in [-0.2, -0.15) is 0 Å². The number of aliphatic hydroxyl groups is 1. The number of aliphatic hydroxyl groups excluding tert-OH is 1. The fourth-order valence-electron chi connectivity index (χ4n) is 2.32. The summed E-state index contributed by atoms with van der Waals surface area (Å²) in [6.45, 7) is 1.77. The third-order valence-corrected chi connectivity index (χ3v) is 4.00. The molecule has 1 heterocycles. The lowest BCUT2D eigenvalue weighted by atomic mass is 10.1. The largest absolute Gasteiger partial charge is 0.396 e. The zero-order valence-corrected chi connectivity index (χ0v) is 12.7. The second-order valence-corrected chi connectivity index (χ2v) is 5.92. The third-order valence-electron chi connectivity index (χ3n) is 3.51. The van der Waals surface area contributed by atoms with E-state index in [1.54, 1.807) is 17.0 Å². The highest BCUT2D eigenvalue weighted by Crippen LogP contribution is 2.16. The molecule has 0 aliphatic carbocycles. The zero-order chi connectivity index (χ0) is 14.5. The Kier molecular flexibility index (Phi) is 5.37. The molecule has 1 aromatic carbocycles. The van der Waals surface area contributed by atoms with Gasteiger partial charge in [-0.15, -0.1) is 0 Å². The van der Waals surface area contributed by atoms with Crippen LogP contribution in [0.1, 0.15) is 12.0 Å². The Hall–Kier alpha value is -1.14. The topological polar surface area (TPSA) is 52.6 Å². The molecule has 110 valence electrons. The molecule has 2 amide bonds. The Bertz CT molecular complexity index is 484. The lowest BCUT2D eigenvalue weighted by Gasteiger charge is -2.17. The van der Waals surface area contributed by atoms with E-state index >= 15 is 0 Å². The van der Waals surface area contributed by atoms with Gasteiger partial charge in [0.1, 0.15) is 5.82 Å². The highest BCUT2D eigenvalue weighted by Gasteiger charge is 2.25. The molecule has 0 bridgehead atoms. The van der Waals surface area contributed by atoms with Crippen LogP contribution in [0.15, 0.2) is 22.7 Å². The van der Waals surface area contributed by atoms with Crippen LogP contribution in [0.3, 0.4) is 0 Å². The fourth-order valence-corrected chi connectivity index (χ4v) is 2.73. The van der Waals surface area contributed by atoms with Gasteiger partial charge in [0.2, 0.25) is 0 Å². The van der Waals surface area contributed by atoms with Crippen molar-refractivity contribution in [1.82, 2.24) is 10.2 Å². The normalized spacial score (nSPS) is 18.4. The zero-order valence-electron chi connectivity index (χ0n) is 11.1. The SMILES string of the molecule is O=C(NCCc1cc(Br)ccc1F)N1CCC(CO)C1. The smallest absolute Gasteiger partial charge is 0.317 e. The summed E-state index contributed by atoms with van der Waals surface area (Å²) in [4.78, 5) is 13.6. The molecule has 0 radical (unpaired) electrons. The Labute approximate surface area is 126 Å². The number of carbonyl (C=O) groups excluding carboxylic acids is 1. The van der Waals surface area contributed by atoms with Crippen LogP contribution in [0.4, 0.5) is 9.18 Å². The maximum atomic E-state index is 13.5. The van der Waals surface area contributed by atoms with E-state index in [0.29, 0.717) is 31.6 Å². The standard InChI is InChI=1S/C14H18BrFN2O2/c15-12-1-2-13(16)11(7-12)3-5-17-14(20)18-6-4-10(8-18)9-19/h1-2,7,10,19H,3-6,8-9H2,(H,17,20). The number of hydrogen-bond donors (Lipinski definition) is 2. The van der Waals surface area contributed by atoms with Crippen LogP contribution in [-0.2, 0) is 6.42 Å². The predicted octanol–water partition coefficient (Wildman–Crippen LogP) is 2.15. The molecule has 4 nitrogen and oxygen atoms in total. The molecule has 20 heavy (non-hydrogen) atoms. The molecule has 1 saturated heterocycles. The Morgan fingerprint density at radius 1 is 1.55 bits per heavy atom. The summed E-state index contributed by atoms with van der Waals surface area (Å²) in [5.41, 5.74) is 0.578. The fraction of sp³-hybridized carbons (Fsp3) is 0.500. The molecule has 0 aromatic heterocycles. The quantitative estimate of drug-likeness (QED) is 0.879. The lowest BCUT2D eigenvalue weighted by molar-refractivity contribution is 0.198. The minimum absolute atomic E-state index is 0.118. The minimum Gasteiger partial charge on any atom is -0.396 e. The first kappa shape index (κ1) is 15.3. The van der Waals surface area contributed by atoms with Gasteiger partial charge in [0.15, 0.2) is 0 Å². The maximum Gasteiger partial charge on any atom is 0.317 e. The van der Waals surface area contributed by atoms with Crippen LogP contribution in [0, 0.1) is 11.7 Å². The van der Waals surface area contributed by atoms with E-state index in [0.717, 1.165) is 10.9 Å². The van der Waals surface area contributed by atoms with Crippen molar-refractivity contribution >= 4 is 22.0 Å². The van der Waals surface area contributed by atoms with Crippen LogP contribution >= 0.6 is 15.9 Å². The minimum atomic E-state index is -0.260. The average molecular weight is 345 g/mol. The molecular weight excluding hydrogens is 327 g/mol. The molecule has 1 atom stereocenters. The number of rotatable bonds is 4. The molecule has 2 N–H and O–H groups in total. The van der Waals surface area contributed by atoms with Gasteiger partial charge in [0.25, 0.3) is 0 Å². The highest BCUT2D eigenvalue weighted by molar-refractivity contribution is 9.10. The monoisotopic (exact) mass is 344 g/mol. The first-order chi connectivity index (χ1) is 9.60. The molecule has 1 fully saturated rings. The van der Waals surface area contributed by atoms with Crippen molar-refractivity contribution in [3.63, 3.8) is 0 Å². The number of halogens is 2. The molecule has 0 spiro atoms. The summed E-state index contributed by atoms with van der Waals surface area (Å²) in [5, 5.41) is 11.8. The summed E-state index contributed by atoms with van der Waals surface area (Å²) in [5.74, 6) is -0.0766. The summed E-state index contributed by atoms with van der Waals surface area (Å²) in [6.07, 6.45) is 1.29. The first-order valence-electron chi connectivity index (χ1n) is 6.67. The van der Waals surface area contributed by atoms with Crippen LogP contribution in [0.2, 0.25) is 0 Å². The van der Waals surface area contributed by atoms with Crippen molar-refractivity contribution in [2.75, 3.05) is 26.2 Å². The number of amides is 2. The second-order valence-electron chi connectivity index (χ2n) is 5.00. The number of benzene rings is 1. The third kappa shape index (κ3) is 3.93. The van der Waals surface area contributed by atoms with Crippen molar-refractivity contribution in [1.29, 1.82) is 0 Å². The van der Waals surface area contributed by atoms with Crippen molar-refractivity contribution in [3.05, 3.63) is 34.1 Å². The van der Waals surface area contributed by atoms with Gasteiger partial charge in [0.05, 0.1) is 0 Å². The molecular formula is C14H18BrFN2O2. The van der Waals surface area contributed by atoms with E-state index in [1.807, 2.05) is 0 Å². The Morgan fingerprint density at radius 2 is 2.35 bits per heavy atom. The molecule has 6 heteroatoms. The van der Waals surface area contributed by atoms with Crippen molar-refractivity contribution in [3.8, 4) is 0 Å². The van der Waals surface area contributed by atoms with Crippen LogP contribution in [0.25, 0.3) is 0 Å². The Balaban J connectivity index is 1.78. The van der Waals surface area contributed by atoms with Gasteiger partial charge >= 0.3 is 6.03 Å². The summed E-state index contributed by atoms with van der Waals surface area (Å²) in [7, 11) is 0. The van der Waals surface area contributed by atoms with Crippen molar-refractivity contribution in [2.45, 2.75) is 12.8 Å². The van der Waals surface area contributed by atoms with E-state index in [-0.39, 0.29) is 24.4 Å². The van der Waals surface area contributed by atoms with E-state index < -0.39 is 0 Å². The van der Waals surface area contributed by atoms with E-state index in [2.05, 4.69) is 21.2 Å². The number of hydrogen-bond acceptors (Lipinski definition) is 2. The number of likely N-dealkylation sites (tertiary alicyclic amines) is 1. The molecule has 0 saturated carbocycles. The van der Waals surface area contributed by atoms with Crippen molar-refractivity contribution < 1.29 is 14.3 Å².